The van der Waals surface area contributed by atoms with Gasteiger partial charge in [-0.2, -0.15) is 0 Å². The van der Waals surface area contributed by atoms with E-state index in [1.165, 1.54) is 0 Å². The summed E-state index contributed by atoms with van der Waals surface area (Å²) in [6.07, 6.45) is 16.6. The van der Waals surface area contributed by atoms with Gasteiger partial charge in [0.1, 0.15) is 6.04 Å². The molecule has 0 aromatic rings. The molecule has 5 N–H and O–H groups in total. The zero-order valence-electron chi connectivity index (χ0n) is 21.4. The van der Waals surface area contributed by atoms with E-state index in [0.29, 0.717) is 25.8 Å². The Hall–Kier alpha value is -2.51. The van der Waals surface area contributed by atoms with Gasteiger partial charge in [-0.05, 0) is 63.3 Å². The van der Waals surface area contributed by atoms with E-state index in [-0.39, 0.29) is 12.3 Å². The van der Waals surface area contributed by atoms with E-state index >= 15 is 0 Å². The van der Waals surface area contributed by atoms with Gasteiger partial charge in [0.2, 0.25) is 5.91 Å². The molecule has 0 heterocycles. The van der Waals surface area contributed by atoms with E-state index in [1.54, 1.807) is 0 Å². The fourth-order valence-electron chi connectivity index (χ4n) is 3.63. The third-order valence-corrected chi connectivity index (χ3v) is 5.72. The Labute approximate surface area is 212 Å². The number of carboxylic acids is 2. The Morgan fingerprint density at radius 3 is 1.63 bits per heavy atom. The maximum Gasteiger partial charge on any atom is 0.326 e. The zero-order valence-corrected chi connectivity index (χ0v) is 21.4. The second kappa shape index (κ2) is 24.6. The first kappa shape index (κ1) is 32.5. The van der Waals surface area contributed by atoms with E-state index in [2.05, 4.69) is 29.0 Å². The summed E-state index contributed by atoms with van der Waals surface area (Å²) in [4.78, 5) is 33.6. The fraction of sp³-hybridized carbons (Fsp3) is 0.750. The molecule has 35 heavy (non-hydrogen) atoms. The third-order valence-electron chi connectivity index (χ3n) is 5.72. The molecule has 0 aliphatic carbocycles. The number of rotatable bonds is 22. The number of amides is 1. The minimum absolute atomic E-state index is 0.186. The molecule has 7 heteroatoms. The first-order valence-electron chi connectivity index (χ1n) is 13.4. The Bertz CT molecular complexity index is 700. The molecule has 198 valence electrons. The first-order valence-corrected chi connectivity index (χ1v) is 13.4. The van der Waals surface area contributed by atoms with Gasteiger partial charge >= 0.3 is 11.9 Å². The highest BCUT2D eigenvalue weighted by molar-refractivity contribution is 5.83. The standard InChI is InChI=1S/C28H46N2O5/c29-24-20-19-21-25(28(34)35)30-26(31)22-17-15-13-11-9-7-5-3-1-2-4-6-8-10-12-14-16-18-23-27(32)33/h25H,5-24,29H2,(H,30,31)(H,32,33)(H,34,35)/t25-/m0/s1. The summed E-state index contributed by atoms with van der Waals surface area (Å²) in [7, 11) is 0. The summed E-state index contributed by atoms with van der Waals surface area (Å²) in [6.45, 7) is 0.531. The van der Waals surface area contributed by atoms with Crippen LogP contribution in [0.4, 0.5) is 0 Å². The molecular weight excluding hydrogens is 444 g/mol. The van der Waals surface area contributed by atoms with Gasteiger partial charge in [0.25, 0.3) is 0 Å². The Balaban J connectivity index is 3.55. The summed E-state index contributed by atoms with van der Waals surface area (Å²) >= 11 is 0. The van der Waals surface area contributed by atoms with Crippen molar-refractivity contribution in [1.82, 2.24) is 5.32 Å². The van der Waals surface area contributed by atoms with Crippen molar-refractivity contribution < 1.29 is 24.6 Å². The number of hydrogen-bond donors (Lipinski definition) is 4. The van der Waals surface area contributed by atoms with Gasteiger partial charge in [-0.3, -0.25) is 9.59 Å². The van der Waals surface area contributed by atoms with Crippen molar-refractivity contribution >= 4 is 17.8 Å². The molecule has 0 radical (unpaired) electrons. The van der Waals surface area contributed by atoms with Crippen LogP contribution < -0.4 is 11.1 Å². The van der Waals surface area contributed by atoms with Crippen LogP contribution >= 0.6 is 0 Å². The summed E-state index contributed by atoms with van der Waals surface area (Å²) in [5, 5.41) is 20.4. The van der Waals surface area contributed by atoms with Crippen LogP contribution in [0.15, 0.2) is 0 Å². The minimum Gasteiger partial charge on any atom is -0.481 e. The zero-order chi connectivity index (χ0) is 26.0. The summed E-state index contributed by atoms with van der Waals surface area (Å²) < 4.78 is 0. The lowest BCUT2D eigenvalue weighted by atomic mass is 10.1. The van der Waals surface area contributed by atoms with Gasteiger partial charge < -0.3 is 21.3 Å². The van der Waals surface area contributed by atoms with Crippen LogP contribution in [0.1, 0.15) is 122 Å². The quantitative estimate of drug-likeness (QED) is 0.125. The van der Waals surface area contributed by atoms with E-state index in [9.17, 15) is 19.5 Å². The normalized spacial score (nSPS) is 11.0. The van der Waals surface area contributed by atoms with Crippen molar-refractivity contribution in [2.45, 2.75) is 128 Å². The Morgan fingerprint density at radius 1 is 0.657 bits per heavy atom. The van der Waals surface area contributed by atoms with Gasteiger partial charge in [0.15, 0.2) is 0 Å². The smallest absolute Gasteiger partial charge is 0.326 e. The summed E-state index contributed by atoms with van der Waals surface area (Å²) in [5.41, 5.74) is 5.42. The molecule has 0 aliphatic heterocycles. The van der Waals surface area contributed by atoms with Crippen molar-refractivity contribution in [2.24, 2.45) is 5.73 Å². The fourth-order valence-corrected chi connectivity index (χ4v) is 3.63. The predicted octanol–water partition coefficient (Wildman–Crippen LogP) is 5.02. The average Bonchev–Trinajstić information content (AvgIpc) is 2.82. The predicted molar refractivity (Wildman–Crippen MR) is 140 cm³/mol. The van der Waals surface area contributed by atoms with E-state index in [0.717, 1.165) is 96.3 Å². The molecule has 0 unspecified atom stereocenters. The number of aliphatic carboxylic acids is 2. The molecule has 0 aromatic carbocycles. The van der Waals surface area contributed by atoms with Gasteiger partial charge in [-0.15, -0.1) is 0 Å². The van der Waals surface area contributed by atoms with Crippen molar-refractivity contribution in [1.29, 1.82) is 0 Å². The van der Waals surface area contributed by atoms with Gasteiger partial charge in [-0.25, -0.2) is 4.79 Å². The van der Waals surface area contributed by atoms with E-state index < -0.39 is 18.0 Å². The number of carbonyl (C=O) groups is 3. The number of hydrogen-bond acceptors (Lipinski definition) is 4. The van der Waals surface area contributed by atoms with Crippen LogP contribution in [0.2, 0.25) is 0 Å². The summed E-state index contributed by atoms with van der Waals surface area (Å²) in [5.74, 6) is 10.2. The highest BCUT2D eigenvalue weighted by atomic mass is 16.4. The van der Waals surface area contributed by atoms with Crippen LogP contribution in [0.5, 0.6) is 0 Å². The molecule has 0 fully saturated rings. The van der Waals surface area contributed by atoms with Crippen LogP contribution in [-0.4, -0.2) is 40.6 Å². The van der Waals surface area contributed by atoms with E-state index in [1.807, 2.05) is 0 Å². The molecule has 0 saturated carbocycles. The van der Waals surface area contributed by atoms with Crippen LogP contribution in [0.3, 0.4) is 0 Å². The van der Waals surface area contributed by atoms with Gasteiger partial charge in [0, 0.05) is 25.7 Å². The maximum atomic E-state index is 11.9. The van der Waals surface area contributed by atoms with Crippen molar-refractivity contribution in [3.05, 3.63) is 0 Å². The number of nitrogens with two attached hydrogens (primary N) is 1. The molecule has 0 saturated heterocycles. The molecule has 0 aromatic heterocycles. The van der Waals surface area contributed by atoms with E-state index in [4.69, 9.17) is 10.8 Å². The number of nitrogens with one attached hydrogen (secondary N) is 1. The second-order valence-corrected chi connectivity index (χ2v) is 8.98. The molecular formula is C28H46N2O5. The van der Waals surface area contributed by atoms with Gasteiger partial charge in [0.05, 0.1) is 0 Å². The number of carboxylic acid groups (broad SMARTS) is 2. The molecule has 1 amide bonds. The molecule has 7 nitrogen and oxygen atoms in total. The Kier molecular flexibility index (Phi) is 22.8. The van der Waals surface area contributed by atoms with Crippen LogP contribution in [0, 0.1) is 23.7 Å². The third kappa shape index (κ3) is 24.4. The lowest BCUT2D eigenvalue weighted by Gasteiger charge is -2.14. The summed E-state index contributed by atoms with van der Waals surface area (Å²) in [6, 6.07) is -0.812. The SMILES string of the molecule is NCCCC[C@H](NC(=O)CCCCCCCCC#CC#CCCCCCCCCC(=O)O)C(=O)O. The van der Waals surface area contributed by atoms with Crippen molar-refractivity contribution in [2.75, 3.05) is 6.54 Å². The lowest BCUT2D eigenvalue weighted by Crippen LogP contribution is -2.40. The topological polar surface area (TPSA) is 130 Å². The molecule has 0 spiro atoms. The highest BCUT2D eigenvalue weighted by Crippen LogP contribution is 2.10. The van der Waals surface area contributed by atoms with Crippen LogP contribution in [0.25, 0.3) is 0 Å². The largest absolute Gasteiger partial charge is 0.481 e. The Morgan fingerprint density at radius 2 is 1.14 bits per heavy atom. The minimum atomic E-state index is -0.984. The monoisotopic (exact) mass is 490 g/mol. The van der Waals surface area contributed by atoms with Crippen molar-refractivity contribution in [3.8, 4) is 23.7 Å². The molecule has 0 rings (SSSR count). The number of carbonyl (C=O) groups excluding carboxylic acids is 1. The second-order valence-electron chi connectivity index (χ2n) is 8.98. The van der Waals surface area contributed by atoms with Gasteiger partial charge in [-0.1, -0.05) is 63.2 Å². The maximum absolute atomic E-state index is 11.9. The molecule has 0 aliphatic rings. The first-order chi connectivity index (χ1) is 17.0. The van der Waals surface area contributed by atoms with Crippen molar-refractivity contribution in [3.63, 3.8) is 0 Å². The lowest BCUT2D eigenvalue weighted by molar-refractivity contribution is -0.142. The highest BCUT2D eigenvalue weighted by Gasteiger charge is 2.18. The number of unbranched alkanes of at least 4 members (excludes halogenated alkanes) is 13. The molecule has 1 atom stereocenters. The molecule has 0 bridgehead atoms. The average molecular weight is 491 g/mol. The van der Waals surface area contributed by atoms with Crippen LogP contribution in [-0.2, 0) is 14.4 Å².